The number of benzene rings is 1. The van der Waals surface area contributed by atoms with Crippen molar-refractivity contribution >= 4 is 35.1 Å². The normalized spacial score (nSPS) is 17.4. The SMILES string of the molecule is O=C1NC[C@@H](C(=O)NC(c2ccc(F)c(Cl)c2)c2ccc(Cl)c(C(F)(F)F)n2)N1. The molecule has 0 radical (unpaired) electrons. The number of hydrogen-bond donors (Lipinski definition) is 3. The predicted molar refractivity (Wildman–Crippen MR) is 96.0 cm³/mol. The first kappa shape index (κ1) is 21.1. The zero-order valence-electron chi connectivity index (χ0n) is 14.3. The van der Waals surface area contributed by atoms with E-state index < -0.39 is 46.7 Å². The van der Waals surface area contributed by atoms with Gasteiger partial charge in [-0.15, -0.1) is 0 Å². The lowest BCUT2D eigenvalue weighted by molar-refractivity contribution is -0.141. The molecule has 3 rings (SSSR count). The van der Waals surface area contributed by atoms with Crippen LogP contribution in [0.5, 0.6) is 0 Å². The summed E-state index contributed by atoms with van der Waals surface area (Å²) in [4.78, 5) is 27.3. The monoisotopic (exact) mass is 450 g/mol. The number of hydrogen-bond acceptors (Lipinski definition) is 3. The van der Waals surface area contributed by atoms with Crippen LogP contribution >= 0.6 is 23.2 Å². The van der Waals surface area contributed by atoms with Gasteiger partial charge in [0.15, 0.2) is 5.69 Å². The lowest BCUT2D eigenvalue weighted by Gasteiger charge is -2.22. The van der Waals surface area contributed by atoms with Gasteiger partial charge in [-0.25, -0.2) is 14.2 Å². The maximum absolute atomic E-state index is 13.5. The van der Waals surface area contributed by atoms with Crippen LogP contribution in [0.2, 0.25) is 10.0 Å². The molecule has 0 saturated carbocycles. The minimum atomic E-state index is -4.83. The van der Waals surface area contributed by atoms with Crippen molar-refractivity contribution in [1.82, 2.24) is 20.9 Å². The number of carbonyl (C=O) groups excluding carboxylic acids is 2. The van der Waals surface area contributed by atoms with Gasteiger partial charge in [0.2, 0.25) is 5.91 Å². The van der Waals surface area contributed by atoms with Crippen LogP contribution < -0.4 is 16.0 Å². The Labute approximate surface area is 171 Å². The van der Waals surface area contributed by atoms with Crippen molar-refractivity contribution in [2.24, 2.45) is 0 Å². The molecule has 12 heteroatoms. The highest BCUT2D eigenvalue weighted by molar-refractivity contribution is 6.31. The summed E-state index contributed by atoms with van der Waals surface area (Å²) in [5.74, 6) is -1.42. The van der Waals surface area contributed by atoms with Gasteiger partial charge in [-0.1, -0.05) is 29.3 Å². The fraction of sp³-hybridized carbons (Fsp3) is 0.235. The van der Waals surface area contributed by atoms with Gasteiger partial charge >= 0.3 is 12.2 Å². The second-order valence-electron chi connectivity index (χ2n) is 6.09. The lowest BCUT2D eigenvalue weighted by atomic mass is 10.0. The molecule has 3 amide bonds. The van der Waals surface area contributed by atoms with E-state index in [0.29, 0.717) is 0 Å². The molecule has 2 aromatic rings. The molecule has 2 atom stereocenters. The van der Waals surface area contributed by atoms with Crippen LogP contribution in [0.25, 0.3) is 0 Å². The Morgan fingerprint density at radius 1 is 1.21 bits per heavy atom. The Morgan fingerprint density at radius 2 is 1.93 bits per heavy atom. The highest BCUT2D eigenvalue weighted by Gasteiger charge is 2.37. The highest BCUT2D eigenvalue weighted by Crippen LogP contribution is 2.35. The van der Waals surface area contributed by atoms with E-state index in [1.54, 1.807) is 0 Å². The van der Waals surface area contributed by atoms with Gasteiger partial charge in [0.25, 0.3) is 0 Å². The van der Waals surface area contributed by atoms with Crippen molar-refractivity contribution in [3.05, 3.63) is 63.1 Å². The zero-order valence-corrected chi connectivity index (χ0v) is 15.8. The summed E-state index contributed by atoms with van der Waals surface area (Å²) in [6, 6.07) is 2.90. The molecule has 6 nitrogen and oxygen atoms in total. The van der Waals surface area contributed by atoms with Crippen LogP contribution in [0.3, 0.4) is 0 Å². The summed E-state index contributed by atoms with van der Waals surface area (Å²) >= 11 is 11.4. The fourth-order valence-electron chi connectivity index (χ4n) is 2.69. The first-order chi connectivity index (χ1) is 13.6. The quantitative estimate of drug-likeness (QED) is 0.624. The van der Waals surface area contributed by atoms with E-state index in [9.17, 15) is 27.2 Å². The average molecular weight is 451 g/mol. The Balaban J connectivity index is 2.02. The van der Waals surface area contributed by atoms with Gasteiger partial charge in [0, 0.05) is 6.54 Å². The molecule has 1 fully saturated rings. The van der Waals surface area contributed by atoms with E-state index in [-0.39, 0.29) is 22.8 Å². The molecule has 1 aliphatic heterocycles. The Kier molecular flexibility index (Phi) is 5.85. The summed E-state index contributed by atoms with van der Waals surface area (Å²) in [6.45, 7) is -0.0105. The molecule has 154 valence electrons. The van der Waals surface area contributed by atoms with Crippen molar-refractivity contribution < 1.29 is 27.2 Å². The maximum atomic E-state index is 13.5. The second kappa shape index (κ2) is 8.03. The highest BCUT2D eigenvalue weighted by atomic mass is 35.5. The third-order valence-electron chi connectivity index (χ3n) is 4.08. The molecule has 1 unspecified atom stereocenters. The van der Waals surface area contributed by atoms with E-state index in [2.05, 4.69) is 20.9 Å². The minimum Gasteiger partial charge on any atom is -0.342 e. The predicted octanol–water partition coefficient (Wildman–Crippen LogP) is 3.43. The summed E-state index contributed by atoms with van der Waals surface area (Å²) in [6.07, 6.45) is -4.83. The second-order valence-corrected chi connectivity index (χ2v) is 6.90. The first-order valence-corrected chi connectivity index (χ1v) is 8.85. The standard InChI is InChI=1S/C17H12Cl2F4N4O2/c18-8-2-4-11(25-14(8)17(21,22)23)13(7-1-3-10(20)9(19)5-7)27-15(28)12-6-24-16(29)26-12/h1-5,12-13H,6H2,(H,27,28)(H2,24,26,29)/t12-,13?/m0/s1. The molecule has 1 aliphatic rings. The number of carbonyl (C=O) groups is 2. The summed E-state index contributed by atoms with van der Waals surface area (Å²) in [5.41, 5.74) is -1.35. The smallest absolute Gasteiger partial charge is 0.342 e. The van der Waals surface area contributed by atoms with Crippen molar-refractivity contribution in [2.75, 3.05) is 6.54 Å². The summed E-state index contributed by atoms with van der Waals surface area (Å²) < 4.78 is 53.1. The number of urea groups is 1. The van der Waals surface area contributed by atoms with Gasteiger partial charge in [0.05, 0.1) is 21.8 Å². The van der Waals surface area contributed by atoms with E-state index in [4.69, 9.17) is 23.2 Å². The zero-order chi connectivity index (χ0) is 21.3. The Hall–Kier alpha value is -2.59. The van der Waals surface area contributed by atoms with Crippen molar-refractivity contribution in [2.45, 2.75) is 18.3 Å². The van der Waals surface area contributed by atoms with E-state index >= 15 is 0 Å². The molecule has 0 spiro atoms. The van der Waals surface area contributed by atoms with Crippen molar-refractivity contribution in [3.8, 4) is 0 Å². The van der Waals surface area contributed by atoms with E-state index in [1.165, 1.54) is 12.1 Å². The van der Waals surface area contributed by atoms with Crippen LogP contribution in [0.15, 0.2) is 30.3 Å². The Morgan fingerprint density at radius 3 is 2.52 bits per heavy atom. The van der Waals surface area contributed by atoms with E-state index in [1.807, 2.05) is 0 Å². The molecule has 2 heterocycles. The molecule has 0 bridgehead atoms. The Bertz CT molecular complexity index is 971. The van der Waals surface area contributed by atoms with Crippen molar-refractivity contribution in [1.29, 1.82) is 0 Å². The molecular weight excluding hydrogens is 439 g/mol. The van der Waals surface area contributed by atoms with Gasteiger partial charge < -0.3 is 16.0 Å². The molecule has 1 aromatic heterocycles. The number of halogens is 6. The molecule has 1 aromatic carbocycles. The average Bonchev–Trinajstić information content (AvgIpc) is 3.08. The third kappa shape index (κ3) is 4.70. The fourth-order valence-corrected chi connectivity index (χ4v) is 3.09. The number of nitrogens with one attached hydrogen (secondary N) is 3. The van der Waals surface area contributed by atoms with Crippen LogP contribution in [0.4, 0.5) is 22.4 Å². The molecule has 3 N–H and O–H groups in total. The minimum absolute atomic E-state index is 0.0105. The number of amides is 3. The molecule has 1 saturated heterocycles. The number of rotatable bonds is 4. The molecule has 29 heavy (non-hydrogen) atoms. The lowest BCUT2D eigenvalue weighted by Crippen LogP contribution is -2.44. The van der Waals surface area contributed by atoms with Gasteiger partial charge in [-0.2, -0.15) is 13.2 Å². The number of nitrogens with zero attached hydrogens (tertiary/aromatic N) is 1. The van der Waals surface area contributed by atoms with Crippen LogP contribution in [0, 0.1) is 5.82 Å². The maximum Gasteiger partial charge on any atom is 0.434 e. The van der Waals surface area contributed by atoms with Crippen LogP contribution in [-0.2, 0) is 11.0 Å². The first-order valence-electron chi connectivity index (χ1n) is 8.09. The third-order valence-corrected chi connectivity index (χ3v) is 4.68. The van der Waals surface area contributed by atoms with E-state index in [0.717, 1.165) is 18.2 Å². The largest absolute Gasteiger partial charge is 0.434 e. The van der Waals surface area contributed by atoms with Gasteiger partial charge in [-0.05, 0) is 29.8 Å². The number of aromatic nitrogens is 1. The summed E-state index contributed by atoms with van der Waals surface area (Å²) in [5, 5.41) is 6.36. The molecule has 0 aliphatic carbocycles. The number of alkyl halides is 3. The van der Waals surface area contributed by atoms with Gasteiger partial charge in [-0.3, -0.25) is 4.79 Å². The van der Waals surface area contributed by atoms with Crippen LogP contribution in [-0.4, -0.2) is 29.5 Å². The number of pyridine rings is 1. The topological polar surface area (TPSA) is 83.1 Å². The summed E-state index contributed by atoms with van der Waals surface area (Å²) in [7, 11) is 0. The molecular formula is C17H12Cl2F4N4O2. The van der Waals surface area contributed by atoms with Gasteiger partial charge in [0.1, 0.15) is 11.9 Å². The van der Waals surface area contributed by atoms with Crippen molar-refractivity contribution in [3.63, 3.8) is 0 Å². The van der Waals surface area contributed by atoms with Crippen LogP contribution in [0.1, 0.15) is 23.0 Å².